The van der Waals surface area contributed by atoms with Crippen molar-refractivity contribution in [2.24, 2.45) is 7.05 Å². The molecule has 0 radical (unpaired) electrons. The van der Waals surface area contributed by atoms with E-state index in [1.165, 1.54) is 10.9 Å². The van der Waals surface area contributed by atoms with E-state index >= 15 is 0 Å². The predicted molar refractivity (Wildman–Crippen MR) is 76.3 cm³/mol. The molecule has 0 aliphatic heterocycles. The van der Waals surface area contributed by atoms with E-state index < -0.39 is 0 Å². The molecular formula is C13H14BrN3O2. The number of methoxy groups -OCH3 is 1. The lowest BCUT2D eigenvalue weighted by Crippen LogP contribution is -2.08. The minimum absolute atomic E-state index is 0.0815. The van der Waals surface area contributed by atoms with Crippen LogP contribution in [0.4, 0.5) is 5.82 Å². The summed E-state index contributed by atoms with van der Waals surface area (Å²) in [5, 5.41) is 3.97. The summed E-state index contributed by atoms with van der Waals surface area (Å²) in [5.41, 5.74) is 7.04. The summed E-state index contributed by atoms with van der Waals surface area (Å²) >= 11 is 3.38. The lowest BCUT2D eigenvalue weighted by molar-refractivity contribution is 0.0993. The maximum atomic E-state index is 12.2. The number of ketones is 1. The number of carbonyl (C=O) groups is 1. The van der Waals surface area contributed by atoms with Gasteiger partial charge in [0.1, 0.15) is 11.6 Å². The van der Waals surface area contributed by atoms with E-state index in [0.29, 0.717) is 17.1 Å². The number of aryl methyl sites for hydroxylation is 1. The molecule has 0 amide bonds. The maximum Gasteiger partial charge on any atom is 0.172 e. The van der Waals surface area contributed by atoms with Crippen LogP contribution < -0.4 is 10.5 Å². The van der Waals surface area contributed by atoms with Crippen LogP contribution in [0.2, 0.25) is 0 Å². The molecule has 1 aromatic heterocycles. The molecule has 0 aliphatic carbocycles. The normalized spacial score (nSPS) is 10.5. The summed E-state index contributed by atoms with van der Waals surface area (Å²) in [6.45, 7) is 0. The van der Waals surface area contributed by atoms with Gasteiger partial charge in [0.05, 0.1) is 18.9 Å². The molecule has 6 heteroatoms. The second-order valence-corrected chi connectivity index (χ2v) is 5.04. The SMILES string of the molecule is COc1ccc(Br)cc1CC(=O)c1cnn(C)c1N. The number of nitrogens with zero attached hydrogens (tertiary/aromatic N) is 2. The summed E-state index contributed by atoms with van der Waals surface area (Å²) in [4.78, 5) is 12.2. The van der Waals surface area contributed by atoms with Crippen LogP contribution in [0.15, 0.2) is 28.9 Å². The fourth-order valence-electron chi connectivity index (χ4n) is 1.82. The van der Waals surface area contributed by atoms with E-state index in [1.54, 1.807) is 14.2 Å². The Balaban J connectivity index is 2.28. The van der Waals surface area contributed by atoms with E-state index in [2.05, 4.69) is 21.0 Å². The van der Waals surface area contributed by atoms with Gasteiger partial charge in [-0.25, -0.2) is 0 Å². The van der Waals surface area contributed by atoms with Gasteiger partial charge in [0.15, 0.2) is 5.78 Å². The first-order valence-corrected chi connectivity index (χ1v) is 6.45. The van der Waals surface area contributed by atoms with Crippen molar-refractivity contribution in [1.82, 2.24) is 9.78 Å². The molecular weight excluding hydrogens is 310 g/mol. The van der Waals surface area contributed by atoms with Gasteiger partial charge in [-0.05, 0) is 18.2 Å². The smallest absolute Gasteiger partial charge is 0.172 e. The molecule has 0 atom stereocenters. The Morgan fingerprint density at radius 1 is 1.53 bits per heavy atom. The Hall–Kier alpha value is -1.82. The quantitative estimate of drug-likeness (QED) is 0.876. The zero-order valence-electron chi connectivity index (χ0n) is 10.7. The van der Waals surface area contributed by atoms with Gasteiger partial charge >= 0.3 is 0 Å². The number of aromatic nitrogens is 2. The van der Waals surface area contributed by atoms with E-state index in [1.807, 2.05) is 18.2 Å². The van der Waals surface area contributed by atoms with Crippen molar-refractivity contribution in [2.45, 2.75) is 6.42 Å². The average Bonchev–Trinajstić information content (AvgIpc) is 2.70. The van der Waals surface area contributed by atoms with Crippen molar-refractivity contribution in [3.05, 3.63) is 40.0 Å². The van der Waals surface area contributed by atoms with Crippen molar-refractivity contribution in [1.29, 1.82) is 0 Å². The molecule has 0 aliphatic rings. The second-order valence-electron chi connectivity index (χ2n) is 4.12. The third-order valence-corrected chi connectivity index (χ3v) is 3.37. The van der Waals surface area contributed by atoms with Gasteiger partial charge in [-0.3, -0.25) is 9.48 Å². The number of rotatable bonds is 4. The molecule has 0 unspecified atom stereocenters. The third-order valence-electron chi connectivity index (χ3n) is 2.88. The van der Waals surface area contributed by atoms with Gasteiger partial charge in [0, 0.05) is 23.5 Å². The number of halogens is 1. The molecule has 0 bridgehead atoms. The zero-order valence-corrected chi connectivity index (χ0v) is 12.3. The highest BCUT2D eigenvalue weighted by Gasteiger charge is 2.16. The van der Waals surface area contributed by atoms with Crippen molar-refractivity contribution >= 4 is 27.5 Å². The van der Waals surface area contributed by atoms with Crippen molar-refractivity contribution in [3.63, 3.8) is 0 Å². The molecule has 5 nitrogen and oxygen atoms in total. The number of nitrogens with two attached hydrogens (primary N) is 1. The third kappa shape index (κ3) is 2.78. The molecule has 100 valence electrons. The van der Waals surface area contributed by atoms with Crippen LogP contribution in [-0.4, -0.2) is 22.7 Å². The minimum atomic E-state index is -0.0815. The lowest BCUT2D eigenvalue weighted by Gasteiger charge is -2.08. The number of Topliss-reactive ketones (excluding diaryl/α,β-unsaturated/α-hetero) is 1. The number of benzene rings is 1. The number of ether oxygens (including phenoxy) is 1. The monoisotopic (exact) mass is 323 g/mol. The Bertz CT molecular complexity index is 622. The van der Waals surface area contributed by atoms with Crippen LogP contribution in [0.5, 0.6) is 5.75 Å². The van der Waals surface area contributed by atoms with E-state index in [0.717, 1.165) is 10.0 Å². The molecule has 1 aromatic carbocycles. The first-order valence-electron chi connectivity index (χ1n) is 5.66. The topological polar surface area (TPSA) is 70.1 Å². The van der Waals surface area contributed by atoms with Crippen LogP contribution in [-0.2, 0) is 13.5 Å². The van der Waals surface area contributed by atoms with Gasteiger partial charge in [0.2, 0.25) is 0 Å². The highest BCUT2D eigenvalue weighted by Crippen LogP contribution is 2.25. The number of carbonyl (C=O) groups excluding carboxylic acids is 1. The van der Waals surface area contributed by atoms with Crippen LogP contribution >= 0.6 is 15.9 Å². The largest absolute Gasteiger partial charge is 0.496 e. The van der Waals surface area contributed by atoms with Crippen LogP contribution in [0.1, 0.15) is 15.9 Å². The predicted octanol–water partition coefficient (Wildman–Crippen LogP) is 2.20. The summed E-state index contributed by atoms with van der Waals surface area (Å²) in [7, 11) is 3.28. The van der Waals surface area contributed by atoms with Gasteiger partial charge in [-0.1, -0.05) is 15.9 Å². The Kier molecular flexibility index (Phi) is 3.90. The van der Waals surface area contributed by atoms with Gasteiger partial charge in [-0.15, -0.1) is 0 Å². The molecule has 0 saturated carbocycles. The molecule has 0 spiro atoms. The first-order chi connectivity index (χ1) is 9.02. The number of anilines is 1. The van der Waals surface area contributed by atoms with Gasteiger partial charge < -0.3 is 10.5 Å². The van der Waals surface area contributed by atoms with Crippen molar-refractivity contribution in [3.8, 4) is 5.75 Å². The van der Waals surface area contributed by atoms with Crippen LogP contribution in [0.25, 0.3) is 0 Å². The maximum absolute atomic E-state index is 12.2. The molecule has 1 heterocycles. The highest BCUT2D eigenvalue weighted by molar-refractivity contribution is 9.10. The van der Waals surface area contributed by atoms with E-state index in [4.69, 9.17) is 10.5 Å². The summed E-state index contributed by atoms with van der Waals surface area (Å²) in [6.07, 6.45) is 1.71. The number of nitrogen functional groups attached to an aromatic ring is 1. The minimum Gasteiger partial charge on any atom is -0.496 e. The van der Waals surface area contributed by atoms with Gasteiger partial charge in [0.25, 0.3) is 0 Å². The summed E-state index contributed by atoms with van der Waals surface area (Å²) < 4.78 is 7.62. The first kappa shape index (κ1) is 13.6. The molecule has 2 rings (SSSR count). The fourth-order valence-corrected chi connectivity index (χ4v) is 2.22. The Labute approximate surface area is 119 Å². The van der Waals surface area contributed by atoms with Crippen LogP contribution in [0.3, 0.4) is 0 Å². The van der Waals surface area contributed by atoms with Crippen LogP contribution in [0, 0.1) is 0 Å². The van der Waals surface area contributed by atoms with Crippen molar-refractivity contribution in [2.75, 3.05) is 12.8 Å². The zero-order chi connectivity index (χ0) is 14.0. The average molecular weight is 324 g/mol. The molecule has 19 heavy (non-hydrogen) atoms. The number of hydrogen-bond donors (Lipinski definition) is 1. The molecule has 2 N–H and O–H groups in total. The number of hydrogen-bond acceptors (Lipinski definition) is 4. The Morgan fingerprint density at radius 2 is 2.26 bits per heavy atom. The Morgan fingerprint density at radius 3 is 2.84 bits per heavy atom. The van der Waals surface area contributed by atoms with E-state index in [9.17, 15) is 4.79 Å². The summed E-state index contributed by atoms with van der Waals surface area (Å²) in [5.74, 6) is 0.972. The van der Waals surface area contributed by atoms with Gasteiger partial charge in [-0.2, -0.15) is 5.10 Å². The standard InChI is InChI=1S/C13H14BrN3O2/c1-17-13(15)10(7-16-17)11(18)6-8-5-9(14)3-4-12(8)19-2/h3-5,7H,6,15H2,1-2H3. The van der Waals surface area contributed by atoms with E-state index in [-0.39, 0.29) is 12.2 Å². The lowest BCUT2D eigenvalue weighted by atomic mass is 10.0. The summed E-state index contributed by atoms with van der Waals surface area (Å²) in [6, 6.07) is 5.55. The molecule has 2 aromatic rings. The molecule has 0 fully saturated rings. The fraction of sp³-hybridized carbons (Fsp3) is 0.231. The highest BCUT2D eigenvalue weighted by atomic mass is 79.9. The molecule has 0 saturated heterocycles. The van der Waals surface area contributed by atoms with Crippen molar-refractivity contribution < 1.29 is 9.53 Å². The second kappa shape index (κ2) is 5.44.